The molecule has 1 heterocycles. The van der Waals surface area contributed by atoms with Gasteiger partial charge < -0.3 is 10.6 Å². The highest BCUT2D eigenvalue weighted by atomic mass is 35.5. The molecule has 102 valence electrons. The summed E-state index contributed by atoms with van der Waals surface area (Å²) in [5.41, 5.74) is 7.74. The molecule has 1 unspecified atom stereocenters. The molecule has 5 heteroatoms. The standard InChI is InChI=1S/C15H13ClFN3/c16-12-3-1-2-4-13(12)20-14(9-19-15(20)18)10-5-7-11(17)8-6-10/h1-8,14H,9H2,(H2,18,19). The molecule has 3 nitrogen and oxygen atoms in total. The van der Waals surface area contributed by atoms with Crippen molar-refractivity contribution in [3.63, 3.8) is 0 Å². The highest BCUT2D eigenvalue weighted by molar-refractivity contribution is 6.33. The molecule has 0 aromatic heterocycles. The second kappa shape index (κ2) is 5.13. The molecule has 2 aromatic rings. The molecule has 0 saturated heterocycles. The topological polar surface area (TPSA) is 41.6 Å². The SMILES string of the molecule is NC1=NCC(c2ccc(F)cc2)N1c1ccccc1Cl. The van der Waals surface area contributed by atoms with Crippen molar-refractivity contribution < 1.29 is 4.39 Å². The van der Waals surface area contributed by atoms with Gasteiger partial charge in [0.1, 0.15) is 5.82 Å². The van der Waals surface area contributed by atoms with E-state index in [1.807, 2.05) is 29.2 Å². The third kappa shape index (κ3) is 2.23. The smallest absolute Gasteiger partial charge is 0.196 e. The minimum absolute atomic E-state index is 0.0597. The molecule has 0 saturated carbocycles. The van der Waals surface area contributed by atoms with Crippen molar-refractivity contribution in [3.8, 4) is 0 Å². The highest BCUT2D eigenvalue weighted by Crippen LogP contribution is 2.35. The van der Waals surface area contributed by atoms with Gasteiger partial charge in [0, 0.05) is 0 Å². The molecule has 0 amide bonds. The Bertz CT molecular complexity index is 654. The fourth-order valence-electron chi connectivity index (χ4n) is 2.38. The minimum atomic E-state index is -0.259. The monoisotopic (exact) mass is 289 g/mol. The van der Waals surface area contributed by atoms with E-state index in [-0.39, 0.29) is 11.9 Å². The second-order valence-electron chi connectivity index (χ2n) is 4.59. The van der Waals surface area contributed by atoms with Crippen LogP contribution in [0.2, 0.25) is 5.02 Å². The molecular weight excluding hydrogens is 277 g/mol. The van der Waals surface area contributed by atoms with Crippen LogP contribution in [0.25, 0.3) is 0 Å². The highest BCUT2D eigenvalue weighted by Gasteiger charge is 2.29. The first-order valence-electron chi connectivity index (χ1n) is 6.26. The Morgan fingerprint density at radius 3 is 2.55 bits per heavy atom. The van der Waals surface area contributed by atoms with Crippen LogP contribution in [0, 0.1) is 5.82 Å². The molecular formula is C15H13ClFN3. The van der Waals surface area contributed by atoms with E-state index in [1.165, 1.54) is 12.1 Å². The van der Waals surface area contributed by atoms with Crippen LogP contribution in [0.15, 0.2) is 53.5 Å². The zero-order valence-corrected chi connectivity index (χ0v) is 11.4. The van der Waals surface area contributed by atoms with Crippen molar-refractivity contribution in [2.24, 2.45) is 10.7 Å². The first kappa shape index (κ1) is 12.9. The number of anilines is 1. The van der Waals surface area contributed by atoms with Crippen LogP contribution < -0.4 is 10.6 Å². The van der Waals surface area contributed by atoms with Crippen molar-refractivity contribution in [2.75, 3.05) is 11.4 Å². The Balaban J connectivity index is 2.01. The molecule has 3 rings (SSSR count). The van der Waals surface area contributed by atoms with E-state index >= 15 is 0 Å². The van der Waals surface area contributed by atoms with Gasteiger partial charge >= 0.3 is 0 Å². The second-order valence-corrected chi connectivity index (χ2v) is 4.99. The lowest BCUT2D eigenvalue weighted by atomic mass is 10.1. The maximum absolute atomic E-state index is 13.0. The van der Waals surface area contributed by atoms with Gasteiger partial charge in [-0.3, -0.25) is 4.99 Å². The molecule has 0 fully saturated rings. The summed E-state index contributed by atoms with van der Waals surface area (Å²) < 4.78 is 13.0. The van der Waals surface area contributed by atoms with Gasteiger partial charge in [0.2, 0.25) is 0 Å². The van der Waals surface area contributed by atoms with Gasteiger partial charge in [-0.1, -0.05) is 35.9 Å². The summed E-state index contributed by atoms with van der Waals surface area (Å²) >= 11 is 6.24. The van der Waals surface area contributed by atoms with Crippen LogP contribution in [-0.2, 0) is 0 Å². The summed E-state index contributed by atoms with van der Waals surface area (Å²) in [7, 11) is 0. The molecule has 0 spiro atoms. The van der Waals surface area contributed by atoms with Crippen molar-refractivity contribution in [1.29, 1.82) is 0 Å². The van der Waals surface area contributed by atoms with Crippen molar-refractivity contribution in [3.05, 3.63) is 64.9 Å². The molecule has 0 aliphatic carbocycles. The Kier molecular flexibility index (Phi) is 3.32. The maximum atomic E-state index is 13.0. The predicted octanol–water partition coefficient (Wildman–Crippen LogP) is 3.36. The fourth-order valence-corrected chi connectivity index (χ4v) is 2.60. The number of hydrogen-bond donors (Lipinski definition) is 1. The van der Waals surface area contributed by atoms with Crippen molar-refractivity contribution >= 4 is 23.2 Å². The van der Waals surface area contributed by atoms with Gasteiger partial charge in [-0.2, -0.15) is 0 Å². The minimum Gasteiger partial charge on any atom is -0.369 e. The summed E-state index contributed by atoms with van der Waals surface area (Å²) in [5, 5.41) is 0.611. The van der Waals surface area contributed by atoms with Crippen LogP contribution in [0.4, 0.5) is 10.1 Å². The lowest BCUT2D eigenvalue weighted by molar-refractivity contribution is 0.625. The Morgan fingerprint density at radius 1 is 1.15 bits per heavy atom. The van der Waals surface area contributed by atoms with Crippen LogP contribution in [0.3, 0.4) is 0 Å². The lowest BCUT2D eigenvalue weighted by Gasteiger charge is -2.27. The zero-order valence-electron chi connectivity index (χ0n) is 10.6. The summed E-state index contributed by atoms with van der Waals surface area (Å²) in [6.45, 7) is 0.530. The van der Waals surface area contributed by atoms with Crippen LogP contribution >= 0.6 is 11.6 Å². The average molecular weight is 290 g/mol. The van der Waals surface area contributed by atoms with Crippen LogP contribution in [0.5, 0.6) is 0 Å². The van der Waals surface area contributed by atoms with E-state index in [0.29, 0.717) is 17.5 Å². The number of para-hydroxylation sites is 1. The number of benzene rings is 2. The van der Waals surface area contributed by atoms with E-state index < -0.39 is 0 Å². The van der Waals surface area contributed by atoms with Crippen LogP contribution in [0.1, 0.15) is 11.6 Å². The quantitative estimate of drug-likeness (QED) is 0.921. The normalized spacial score (nSPS) is 18.2. The summed E-state index contributed by atoms with van der Waals surface area (Å²) in [6, 6.07) is 13.8. The van der Waals surface area contributed by atoms with Crippen molar-refractivity contribution in [1.82, 2.24) is 0 Å². The van der Waals surface area contributed by atoms with E-state index in [0.717, 1.165) is 11.3 Å². The van der Waals surface area contributed by atoms with Crippen molar-refractivity contribution in [2.45, 2.75) is 6.04 Å². The molecule has 2 aromatic carbocycles. The largest absolute Gasteiger partial charge is 0.369 e. The Hall–Kier alpha value is -2.07. The lowest BCUT2D eigenvalue weighted by Crippen LogP contribution is -2.36. The zero-order chi connectivity index (χ0) is 14.1. The van der Waals surface area contributed by atoms with E-state index in [2.05, 4.69) is 4.99 Å². The van der Waals surface area contributed by atoms with Gasteiger partial charge in [-0.15, -0.1) is 0 Å². The number of guanidine groups is 1. The molecule has 2 N–H and O–H groups in total. The fraction of sp³-hybridized carbons (Fsp3) is 0.133. The maximum Gasteiger partial charge on any atom is 0.196 e. The van der Waals surface area contributed by atoms with E-state index in [1.54, 1.807) is 12.1 Å². The Morgan fingerprint density at radius 2 is 1.85 bits per heavy atom. The van der Waals surface area contributed by atoms with Gasteiger partial charge in [-0.05, 0) is 29.8 Å². The summed E-state index contributed by atoms with van der Waals surface area (Å²) in [6.07, 6.45) is 0. The Labute approximate surface area is 121 Å². The first-order chi connectivity index (χ1) is 9.66. The first-order valence-corrected chi connectivity index (χ1v) is 6.64. The molecule has 0 radical (unpaired) electrons. The molecule has 0 bridgehead atoms. The number of aliphatic imine (C=N–C) groups is 1. The van der Waals surface area contributed by atoms with Gasteiger partial charge in [0.25, 0.3) is 0 Å². The van der Waals surface area contributed by atoms with E-state index in [4.69, 9.17) is 17.3 Å². The number of nitrogens with zero attached hydrogens (tertiary/aromatic N) is 2. The molecule has 1 aliphatic rings. The molecule has 1 aliphatic heterocycles. The number of hydrogen-bond acceptors (Lipinski definition) is 3. The number of rotatable bonds is 2. The van der Waals surface area contributed by atoms with Gasteiger partial charge in [0.15, 0.2) is 5.96 Å². The number of nitrogens with two attached hydrogens (primary N) is 1. The van der Waals surface area contributed by atoms with Gasteiger partial charge in [-0.25, -0.2) is 4.39 Å². The third-order valence-corrected chi connectivity index (χ3v) is 3.67. The predicted molar refractivity (Wildman–Crippen MR) is 79.6 cm³/mol. The van der Waals surface area contributed by atoms with Crippen LogP contribution in [-0.4, -0.2) is 12.5 Å². The molecule has 20 heavy (non-hydrogen) atoms. The average Bonchev–Trinajstić information content (AvgIpc) is 2.82. The number of halogens is 2. The molecule has 1 atom stereocenters. The third-order valence-electron chi connectivity index (χ3n) is 3.35. The van der Waals surface area contributed by atoms with Gasteiger partial charge in [0.05, 0.1) is 23.3 Å². The van der Waals surface area contributed by atoms with E-state index in [9.17, 15) is 4.39 Å². The summed E-state index contributed by atoms with van der Waals surface area (Å²) in [5.74, 6) is 0.164. The summed E-state index contributed by atoms with van der Waals surface area (Å²) in [4.78, 5) is 6.17.